The van der Waals surface area contributed by atoms with Crippen LogP contribution in [0.2, 0.25) is 0 Å². The normalized spacial score (nSPS) is 8.71. The van der Waals surface area contributed by atoms with Gasteiger partial charge in [0.05, 0.1) is 5.56 Å². The zero-order chi connectivity index (χ0) is 10.8. The van der Waals surface area contributed by atoms with Gasteiger partial charge in [-0.1, -0.05) is 24.0 Å². The second-order valence-electron chi connectivity index (χ2n) is 3.21. The average Bonchev–Trinajstić information content (AvgIpc) is 2.64. The van der Waals surface area contributed by atoms with Gasteiger partial charge in [0.15, 0.2) is 0 Å². The summed E-state index contributed by atoms with van der Waals surface area (Å²) in [5.41, 5.74) is 2.83. The molecule has 4 nitrogen and oxygen atoms in total. The summed E-state index contributed by atoms with van der Waals surface area (Å²) in [5, 5.41) is 17.1. The molecule has 1 heterocycles. The zero-order valence-electron chi connectivity index (χ0n) is 9.81. The van der Waals surface area contributed by atoms with Crippen LogP contribution in [0.5, 0.6) is 0 Å². The average molecular weight is 450 g/mol. The molecular formula is C12H12N4U. The molecule has 0 aliphatic heterocycles. The maximum absolute atomic E-state index is 8.98. The van der Waals surface area contributed by atoms with E-state index >= 15 is 0 Å². The first-order valence-electron chi connectivity index (χ1n) is 4.47. The Morgan fingerprint density at radius 3 is 2.65 bits per heavy atom. The summed E-state index contributed by atoms with van der Waals surface area (Å²) >= 11 is 0. The Morgan fingerprint density at radius 1 is 1.41 bits per heavy atom. The fourth-order valence-corrected chi connectivity index (χ4v) is 1.42. The van der Waals surface area contributed by atoms with E-state index in [-0.39, 0.29) is 38.5 Å². The molecule has 0 aliphatic rings. The maximum Gasteiger partial charge on any atom is 2.00 e. The SMILES string of the molecule is [CH2-]c1cnn(-c2c(C)cccc2C#N)n1.[CH3-].[U+2]. The molecule has 0 fully saturated rings. The van der Waals surface area contributed by atoms with Crippen molar-refractivity contribution in [1.29, 1.82) is 5.26 Å². The van der Waals surface area contributed by atoms with E-state index in [0.717, 1.165) is 11.3 Å². The molecule has 0 saturated carbocycles. The van der Waals surface area contributed by atoms with E-state index in [2.05, 4.69) is 23.2 Å². The Hall–Kier alpha value is -1.23. The minimum Gasteiger partial charge on any atom is -0.358 e. The van der Waals surface area contributed by atoms with E-state index in [1.54, 1.807) is 12.3 Å². The summed E-state index contributed by atoms with van der Waals surface area (Å²) in [7, 11) is 0. The number of hydrogen-bond acceptors (Lipinski definition) is 3. The summed E-state index contributed by atoms with van der Waals surface area (Å²) in [4.78, 5) is 1.44. The Morgan fingerprint density at radius 2 is 2.12 bits per heavy atom. The van der Waals surface area contributed by atoms with Crippen LogP contribution in [0, 0.1) is 63.7 Å². The summed E-state index contributed by atoms with van der Waals surface area (Å²) < 4.78 is 0. The van der Waals surface area contributed by atoms with Gasteiger partial charge in [-0.3, -0.25) is 5.10 Å². The molecule has 0 bridgehead atoms. The minimum atomic E-state index is 0. The van der Waals surface area contributed by atoms with Gasteiger partial charge in [-0.05, 0) is 18.6 Å². The van der Waals surface area contributed by atoms with E-state index in [0.29, 0.717) is 11.3 Å². The van der Waals surface area contributed by atoms with E-state index < -0.39 is 0 Å². The quantitative estimate of drug-likeness (QED) is 0.626. The van der Waals surface area contributed by atoms with E-state index in [9.17, 15) is 0 Å². The summed E-state index contributed by atoms with van der Waals surface area (Å²) in [6, 6.07) is 7.63. The van der Waals surface area contributed by atoms with Crippen molar-refractivity contribution in [1.82, 2.24) is 15.0 Å². The van der Waals surface area contributed by atoms with Gasteiger partial charge in [0.1, 0.15) is 11.8 Å². The predicted molar refractivity (Wildman–Crippen MR) is 61.7 cm³/mol. The molecule has 0 saturated heterocycles. The van der Waals surface area contributed by atoms with Gasteiger partial charge in [0.2, 0.25) is 0 Å². The molecule has 17 heavy (non-hydrogen) atoms. The van der Waals surface area contributed by atoms with Gasteiger partial charge >= 0.3 is 31.1 Å². The molecule has 0 spiro atoms. The molecule has 2 rings (SSSR count). The summed E-state index contributed by atoms with van der Waals surface area (Å²) in [6.07, 6.45) is 1.56. The van der Waals surface area contributed by atoms with Crippen molar-refractivity contribution in [2.75, 3.05) is 0 Å². The third-order valence-corrected chi connectivity index (χ3v) is 2.10. The molecule has 2 aromatic rings. The van der Waals surface area contributed by atoms with Crippen LogP contribution in [0.4, 0.5) is 0 Å². The van der Waals surface area contributed by atoms with Crippen LogP contribution in [-0.2, 0) is 0 Å². The monoisotopic (exact) mass is 450 g/mol. The Kier molecular flexibility index (Phi) is 6.02. The molecule has 0 amide bonds. The van der Waals surface area contributed by atoms with Crippen LogP contribution in [0.15, 0.2) is 24.4 Å². The number of para-hydroxylation sites is 1. The van der Waals surface area contributed by atoms with Crippen LogP contribution in [0.1, 0.15) is 16.8 Å². The molecule has 5 heteroatoms. The van der Waals surface area contributed by atoms with Crippen molar-refractivity contribution >= 4 is 0 Å². The smallest absolute Gasteiger partial charge is 0.358 e. The standard InChI is InChI=1S/C11H9N4.CH3.U/c1-8-4-3-5-10(6-12)11(8)15-13-7-9(2)14-15;;/h3-5,7H,2H2,1H3;1H3;/q2*-1;+2. The van der Waals surface area contributed by atoms with Gasteiger partial charge in [0, 0.05) is 0 Å². The van der Waals surface area contributed by atoms with Crippen LogP contribution < -0.4 is 0 Å². The van der Waals surface area contributed by atoms with E-state index in [1.165, 1.54) is 4.80 Å². The van der Waals surface area contributed by atoms with Crippen molar-refractivity contribution in [3.05, 3.63) is 55.6 Å². The number of aryl methyl sites for hydroxylation is 1. The number of hydrogen-bond donors (Lipinski definition) is 0. The van der Waals surface area contributed by atoms with Gasteiger partial charge in [-0.2, -0.15) is 15.2 Å². The van der Waals surface area contributed by atoms with E-state index in [1.807, 2.05) is 19.1 Å². The van der Waals surface area contributed by atoms with Crippen molar-refractivity contribution in [3.8, 4) is 11.8 Å². The number of rotatable bonds is 1. The van der Waals surface area contributed by atoms with Crippen LogP contribution >= 0.6 is 0 Å². The van der Waals surface area contributed by atoms with Crippen molar-refractivity contribution in [3.63, 3.8) is 0 Å². The van der Waals surface area contributed by atoms with Crippen molar-refractivity contribution < 1.29 is 31.1 Å². The Balaban J connectivity index is 0.00000128. The molecule has 84 valence electrons. The summed E-state index contributed by atoms with van der Waals surface area (Å²) in [5.74, 6) is 0. The molecule has 1 aromatic heterocycles. The first-order chi connectivity index (χ1) is 7.22. The first-order valence-corrected chi connectivity index (χ1v) is 4.47. The molecule has 1 aromatic carbocycles. The van der Waals surface area contributed by atoms with Crippen LogP contribution in [-0.4, -0.2) is 15.0 Å². The van der Waals surface area contributed by atoms with Gasteiger partial charge in [-0.25, -0.2) is 6.92 Å². The molecule has 0 atom stereocenters. The maximum atomic E-state index is 8.98. The minimum absolute atomic E-state index is 0. The molecule has 0 aliphatic carbocycles. The number of nitrogens with zero attached hydrogens (tertiary/aromatic N) is 4. The first kappa shape index (κ1) is 15.8. The van der Waals surface area contributed by atoms with E-state index in [4.69, 9.17) is 5.26 Å². The molecular weight excluding hydrogens is 438 g/mol. The van der Waals surface area contributed by atoms with Crippen LogP contribution in [0.25, 0.3) is 5.69 Å². The second-order valence-corrected chi connectivity index (χ2v) is 3.21. The fraction of sp³-hybridized carbons (Fsp3) is 0.0833. The number of benzene rings is 1. The van der Waals surface area contributed by atoms with Gasteiger partial charge in [-0.15, -0.1) is 0 Å². The summed E-state index contributed by atoms with van der Waals surface area (Å²) in [6.45, 7) is 5.59. The molecule has 0 unspecified atom stereocenters. The predicted octanol–water partition coefficient (Wildman–Crippen LogP) is 2.08. The van der Waals surface area contributed by atoms with Crippen molar-refractivity contribution in [2.45, 2.75) is 6.92 Å². The second kappa shape index (κ2) is 6.49. The third kappa shape index (κ3) is 3.12. The zero-order valence-corrected chi connectivity index (χ0v) is 14.0. The number of nitriles is 1. The fourth-order valence-electron chi connectivity index (χ4n) is 1.42. The van der Waals surface area contributed by atoms with Gasteiger partial charge < -0.3 is 7.43 Å². The largest absolute Gasteiger partial charge is 2.00 e. The Labute approximate surface area is 125 Å². The van der Waals surface area contributed by atoms with Gasteiger partial charge in [0.25, 0.3) is 0 Å². The molecule has 0 N–H and O–H groups in total. The topological polar surface area (TPSA) is 54.5 Å². The Bertz CT molecular complexity index is 540. The van der Waals surface area contributed by atoms with Crippen molar-refractivity contribution in [2.24, 2.45) is 0 Å². The van der Waals surface area contributed by atoms with Crippen LogP contribution in [0.3, 0.4) is 0 Å². The third-order valence-electron chi connectivity index (χ3n) is 2.10. The number of aromatic nitrogens is 3. The molecule has 0 radical (unpaired) electrons.